The summed E-state index contributed by atoms with van der Waals surface area (Å²) in [7, 11) is 1.91. The smallest absolute Gasteiger partial charge is 0.410 e. The van der Waals surface area contributed by atoms with Crippen LogP contribution in [0.2, 0.25) is 5.15 Å². The highest BCUT2D eigenvalue weighted by molar-refractivity contribution is 6.29. The molecule has 7 heteroatoms. The SMILES string of the molecule is C[C@H]1CN(Cc2ncc(Cl)n2C)CCN1C(=O)OC(C)(C)C. The van der Waals surface area contributed by atoms with Crippen molar-refractivity contribution in [3.05, 3.63) is 17.2 Å². The molecule has 0 radical (unpaired) electrons. The molecule has 0 bridgehead atoms. The van der Waals surface area contributed by atoms with Crippen molar-refractivity contribution in [1.29, 1.82) is 0 Å². The molecule has 0 saturated carbocycles. The van der Waals surface area contributed by atoms with Gasteiger partial charge < -0.3 is 14.2 Å². The van der Waals surface area contributed by atoms with Crippen molar-refractivity contribution >= 4 is 17.7 Å². The Kier molecular flexibility index (Phi) is 5.02. The molecule has 1 aromatic heterocycles. The maximum atomic E-state index is 12.2. The van der Waals surface area contributed by atoms with Gasteiger partial charge in [0, 0.05) is 32.7 Å². The van der Waals surface area contributed by atoms with Gasteiger partial charge in [0.1, 0.15) is 16.6 Å². The van der Waals surface area contributed by atoms with Gasteiger partial charge in [-0.25, -0.2) is 9.78 Å². The number of ether oxygens (including phenoxy) is 1. The summed E-state index contributed by atoms with van der Waals surface area (Å²) in [6.45, 7) is 10.7. The van der Waals surface area contributed by atoms with Crippen molar-refractivity contribution in [3.8, 4) is 0 Å². The summed E-state index contributed by atoms with van der Waals surface area (Å²) in [5, 5.41) is 0.635. The Labute approximate surface area is 137 Å². The van der Waals surface area contributed by atoms with Crippen LogP contribution in [0.1, 0.15) is 33.5 Å². The molecule has 1 amide bonds. The molecule has 0 unspecified atom stereocenters. The zero-order valence-electron chi connectivity index (χ0n) is 14.0. The number of hydrogen-bond donors (Lipinski definition) is 0. The molecule has 0 aromatic carbocycles. The predicted octanol–water partition coefficient (Wildman–Crippen LogP) is 2.51. The van der Waals surface area contributed by atoms with E-state index in [1.54, 1.807) is 11.1 Å². The fourth-order valence-electron chi connectivity index (χ4n) is 2.54. The van der Waals surface area contributed by atoms with E-state index in [1.807, 2.05) is 39.3 Å². The lowest BCUT2D eigenvalue weighted by atomic mass is 10.2. The quantitative estimate of drug-likeness (QED) is 0.837. The number of nitrogens with zero attached hydrogens (tertiary/aromatic N) is 4. The first kappa shape index (κ1) is 17.1. The van der Waals surface area contributed by atoms with E-state index in [0.29, 0.717) is 11.7 Å². The number of aromatic nitrogens is 2. The molecule has 1 aromatic rings. The molecule has 124 valence electrons. The average Bonchev–Trinajstić information content (AvgIpc) is 2.68. The second-order valence-electron chi connectivity index (χ2n) is 6.81. The molecule has 1 atom stereocenters. The maximum Gasteiger partial charge on any atom is 0.410 e. The van der Waals surface area contributed by atoms with E-state index in [-0.39, 0.29) is 12.1 Å². The van der Waals surface area contributed by atoms with Gasteiger partial charge in [0.15, 0.2) is 0 Å². The normalized spacial score (nSPS) is 20.3. The molecule has 0 spiro atoms. The zero-order valence-corrected chi connectivity index (χ0v) is 14.7. The Morgan fingerprint density at radius 3 is 2.64 bits per heavy atom. The van der Waals surface area contributed by atoms with E-state index >= 15 is 0 Å². The molecule has 1 aliphatic rings. The van der Waals surface area contributed by atoms with Crippen LogP contribution in [0.5, 0.6) is 0 Å². The lowest BCUT2D eigenvalue weighted by molar-refractivity contribution is 0.000212. The van der Waals surface area contributed by atoms with Crippen LogP contribution in [0.4, 0.5) is 4.79 Å². The minimum absolute atomic E-state index is 0.111. The number of imidazole rings is 1. The Bertz CT molecular complexity index is 538. The molecule has 0 aliphatic carbocycles. The molecule has 1 saturated heterocycles. The summed E-state index contributed by atoms with van der Waals surface area (Å²) in [4.78, 5) is 20.6. The van der Waals surface area contributed by atoms with Gasteiger partial charge in [-0.1, -0.05) is 11.6 Å². The number of carbonyl (C=O) groups excluding carboxylic acids is 1. The summed E-state index contributed by atoms with van der Waals surface area (Å²) in [5.74, 6) is 0.933. The highest BCUT2D eigenvalue weighted by atomic mass is 35.5. The van der Waals surface area contributed by atoms with Gasteiger partial charge in [0.05, 0.1) is 12.7 Å². The monoisotopic (exact) mass is 328 g/mol. The first-order valence-corrected chi connectivity index (χ1v) is 7.93. The zero-order chi connectivity index (χ0) is 16.5. The number of piperazine rings is 1. The first-order chi connectivity index (χ1) is 10.2. The average molecular weight is 329 g/mol. The van der Waals surface area contributed by atoms with Crippen LogP contribution in [0.15, 0.2) is 6.20 Å². The molecular weight excluding hydrogens is 304 g/mol. The predicted molar refractivity (Wildman–Crippen MR) is 85.9 cm³/mol. The summed E-state index contributed by atoms with van der Waals surface area (Å²) in [6, 6.07) is 0.111. The first-order valence-electron chi connectivity index (χ1n) is 7.55. The van der Waals surface area contributed by atoms with E-state index in [0.717, 1.165) is 25.5 Å². The largest absolute Gasteiger partial charge is 0.444 e. The summed E-state index contributed by atoms with van der Waals surface area (Å²) in [6.07, 6.45) is 1.43. The van der Waals surface area contributed by atoms with Gasteiger partial charge >= 0.3 is 6.09 Å². The number of rotatable bonds is 2. The van der Waals surface area contributed by atoms with Crippen LogP contribution in [-0.4, -0.2) is 56.7 Å². The fourth-order valence-corrected chi connectivity index (χ4v) is 2.69. The van der Waals surface area contributed by atoms with Crippen molar-refractivity contribution in [2.24, 2.45) is 7.05 Å². The topological polar surface area (TPSA) is 50.6 Å². The minimum atomic E-state index is -0.461. The van der Waals surface area contributed by atoms with Crippen molar-refractivity contribution in [3.63, 3.8) is 0 Å². The van der Waals surface area contributed by atoms with Gasteiger partial charge in [-0.15, -0.1) is 0 Å². The highest BCUT2D eigenvalue weighted by Gasteiger charge is 2.31. The van der Waals surface area contributed by atoms with Gasteiger partial charge in [0.25, 0.3) is 0 Å². The van der Waals surface area contributed by atoms with Gasteiger partial charge in [-0.05, 0) is 27.7 Å². The van der Waals surface area contributed by atoms with Gasteiger partial charge in [-0.2, -0.15) is 0 Å². The third kappa shape index (κ3) is 4.14. The van der Waals surface area contributed by atoms with Crippen LogP contribution >= 0.6 is 11.6 Å². The van der Waals surface area contributed by atoms with Crippen LogP contribution in [-0.2, 0) is 18.3 Å². The van der Waals surface area contributed by atoms with E-state index in [1.165, 1.54) is 0 Å². The second-order valence-corrected chi connectivity index (χ2v) is 7.20. The van der Waals surface area contributed by atoms with Crippen LogP contribution in [0.3, 0.4) is 0 Å². The third-order valence-corrected chi connectivity index (χ3v) is 4.08. The van der Waals surface area contributed by atoms with Crippen molar-refractivity contribution in [2.45, 2.75) is 45.9 Å². The summed E-state index contributed by atoms with van der Waals surface area (Å²) in [5.41, 5.74) is -0.461. The molecule has 1 aliphatic heterocycles. The lowest BCUT2D eigenvalue weighted by Crippen LogP contribution is -2.54. The number of hydrogen-bond acceptors (Lipinski definition) is 4. The minimum Gasteiger partial charge on any atom is -0.444 e. The van der Waals surface area contributed by atoms with Crippen LogP contribution in [0.25, 0.3) is 0 Å². The Balaban J connectivity index is 1.92. The molecule has 6 nitrogen and oxygen atoms in total. The van der Waals surface area contributed by atoms with E-state index < -0.39 is 5.60 Å². The van der Waals surface area contributed by atoms with E-state index in [4.69, 9.17) is 16.3 Å². The van der Waals surface area contributed by atoms with Crippen LogP contribution in [0, 0.1) is 0 Å². The fraction of sp³-hybridized carbons (Fsp3) is 0.733. The molecule has 22 heavy (non-hydrogen) atoms. The van der Waals surface area contributed by atoms with Gasteiger partial charge in [0.2, 0.25) is 0 Å². The van der Waals surface area contributed by atoms with Gasteiger partial charge in [-0.3, -0.25) is 4.90 Å². The number of halogens is 1. The van der Waals surface area contributed by atoms with Crippen molar-refractivity contribution in [1.82, 2.24) is 19.4 Å². The summed E-state index contributed by atoms with van der Waals surface area (Å²) < 4.78 is 7.34. The van der Waals surface area contributed by atoms with E-state index in [9.17, 15) is 4.79 Å². The molecule has 2 rings (SSSR count). The molecule has 1 fully saturated rings. The Morgan fingerprint density at radius 2 is 2.14 bits per heavy atom. The Morgan fingerprint density at radius 1 is 1.45 bits per heavy atom. The third-order valence-electron chi connectivity index (χ3n) is 3.73. The number of amides is 1. The van der Waals surface area contributed by atoms with Crippen molar-refractivity contribution in [2.75, 3.05) is 19.6 Å². The molecule has 0 N–H and O–H groups in total. The molecule has 2 heterocycles. The molecular formula is C15H25ClN4O2. The van der Waals surface area contributed by atoms with Crippen molar-refractivity contribution < 1.29 is 9.53 Å². The standard InChI is InChI=1S/C15H25ClN4O2/c1-11-9-19(10-13-17-8-12(16)18(13)5)6-7-20(11)14(21)22-15(2,3)4/h8,11H,6-7,9-10H2,1-5H3/t11-/m0/s1. The number of carbonyl (C=O) groups is 1. The maximum absolute atomic E-state index is 12.2. The second kappa shape index (κ2) is 6.46. The van der Waals surface area contributed by atoms with E-state index in [2.05, 4.69) is 9.88 Å². The van der Waals surface area contributed by atoms with Crippen LogP contribution < -0.4 is 0 Å². The summed E-state index contributed by atoms with van der Waals surface area (Å²) >= 11 is 6.01. The highest BCUT2D eigenvalue weighted by Crippen LogP contribution is 2.18. The lowest BCUT2D eigenvalue weighted by Gasteiger charge is -2.40. The Hall–Kier alpha value is -1.27.